The summed E-state index contributed by atoms with van der Waals surface area (Å²) in [5, 5.41) is 3.07. The van der Waals surface area contributed by atoms with Crippen LogP contribution in [0.4, 0.5) is 5.69 Å². The van der Waals surface area contributed by atoms with Crippen LogP contribution in [0, 0.1) is 13.8 Å². The summed E-state index contributed by atoms with van der Waals surface area (Å²) in [6, 6.07) is 12.7. The zero-order valence-electron chi connectivity index (χ0n) is 15.1. The Bertz CT molecular complexity index is 845. The summed E-state index contributed by atoms with van der Waals surface area (Å²) in [5.41, 5.74) is 9.99. The number of halogens is 1. The number of anilines is 1. The minimum atomic E-state index is -3.43. The van der Waals surface area contributed by atoms with Crippen molar-refractivity contribution < 1.29 is 8.42 Å². The van der Waals surface area contributed by atoms with Gasteiger partial charge < -0.3 is 11.1 Å². The topological polar surface area (TPSA) is 96.6 Å². The van der Waals surface area contributed by atoms with Crippen LogP contribution in [0.25, 0.3) is 0 Å². The van der Waals surface area contributed by atoms with Gasteiger partial charge in [0.15, 0.2) is 5.96 Å². The van der Waals surface area contributed by atoms with Crippen LogP contribution in [0.5, 0.6) is 0 Å². The van der Waals surface area contributed by atoms with Gasteiger partial charge in [0.2, 0.25) is 10.0 Å². The van der Waals surface area contributed by atoms with E-state index in [-0.39, 0.29) is 28.9 Å². The van der Waals surface area contributed by atoms with Gasteiger partial charge in [0.05, 0.1) is 11.4 Å². The van der Waals surface area contributed by atoms with Gasteiger partial charge in [-0.2, -0.15) is 0 Å². The molecule has 0 unspecified atom stereocenters. The second kappa shape index (κ2) is 9.89. The molecule has 2 aromatic carbocycles. The SMILES string of the molecule is CCNS(=O)(=O)c1ccc(CN=C(N)Nc2cc(C)cc(C)c2)cc1.I. The summed E-state index contributed by atoms with van der Waals surface area (Å²) in [6.07, 6.45) is 0. The molecule has 0 bridgehead atoms. The Hall–Kier alpha value is -1.65. The predicted molar refractivity (Wildman–Crippen MR) is 118 cm³/mol. The maximum atomic E-state index is 11.9. The normalized spacial score (nSPS) is 11.7. The molecule has 0 aliphatic carbocycles. The average molecular weight is 488 g/mol. The predicted octanol–water partition coefficient (Wildman–Crippen LogP) is 3.15. The highest BCUT2D eigenvalue weighted by atomic mass is 127. The Balaban J connectivity index is 0.00000338. The number of sulfonamides is 1. The lowest BCUT2D eigenvalue weighted by Gasteiger charge is -2.08. The van der Waals surface area contributed by atoms with Crippen molar-refractivity contribution in [2.75, 3.05) is 11.9 Å². The molecule has 0 atom stereocenters. The molecule has 6 nitrogen and oxygen atoms in total. The summed E-state index contributed by atoms with van der Waals surface area (Å²) < 4.78 is 26.3. The number of nitrogens with one attached hydrogen (secondary N) is 2. The maximum absolute atomic E-state index is 11.9. The van der Waals surface area contributed by atoms with E-state index >= 15 is 0 Å². The molecule has 26 heavy (non-hydrogen) atoms. The fourth-order valence-corrected chi connectivity index (χ4v) is 3.50. The second-order valence-electron chi connectivity index (χ2n) is 5.85. The number of aliphatic imine (C=N–C) groups is 1. The van der Waals surface area contributed by atoms with E-state index in [4.69, 9.17) is 5.73 Å². The summed E-state index contributed by atoms with van der Waals surface area (Å²) in [7, 11) is -3.43. The molecule has 0 saturated heterocycles. The van der Waals surface area contributed by atoms with Crippen LogP contribution in [0.1, 0.15) is 23.6 Å². The third-order valence-corrected chi connectivity index (χ3v) is 5.06. The van der Waals surface area contributed by atoms with Crippen molar-refractivity contribution in [2.45, 2.75) is 32.2 Å². The first kappa shape index (κ1) is 22.4. The fourth-order valence-electron chi connectivity index (χ4n) is 2.46. The molecule has 4 N–H and O–H groups in total. The zero-order valence-corrected chi connectivity index (χ0v) is 18.3. The quantitative estimate of drug-likeness (QED) is 0.331. The van der Waals surface area contributed by atoms with Crippen LogP contribution in [0.3, 0.4) is 0 Å². The van der Waals surface area contributed by atoms with E-state index in [0.717, 1.165) is 22.4 Å². The molecule has 0 heterocycles. The van der Waals surface area contributed by atoms with E-state index in [2.05, 4.69) is 21.1 Å². The smallest absolute Gasteiger partial charge is 0.240 e. The van der Waals surface area contributed by atoms with Crippen molar-refractivity contribution in [2.24, 2.45) is 10.7 Å². The Morgan fingerprint density at radius 2 is 1.65 bits per heavy atom. The zero-order chi connectivity index (χ0) is 18.4. The molecule has 0 aliphatic heterocycles. The monoisotopic (exact) mass is 488 g/mol. The number of nitrogens with two attached hydrogens (primary N) is 1. The molecule has 0 spiro atoms. The van der Waals surface area contributed by atoms with Gasteiger partial charge in [0.25, 0.3) is 0 Å². The highest BCUT2D eigenvalue weighted by Gasteiger charge is 2.11. The molecular formula is C18H25IN4O2S. The Morgan fingerprint density at radius 1 is 1.08 bits per heavy atom. The molecule has 2 aromatic rings. The molecule has 0 aliphatic rings. The number of guanidine groups is 1. The molecular weight excluding hydrogens is 463 g/mol. The molecule has 142 valence electrons. The highest BCUT2D eigenvalue weighted by Crippen LogP contribution is 2.14. The summed E-state index contributed by atoms with van der Waals surface area (Å²) >= 11 is 0. The van der Waals surface area contributed by atoms with Gasteiger partial charge in [0, 0.05) is 12.2 Å². The van der Waals surface area contributed by atoms with Gasteiger partial charge in [-0.3, -0.25) is 0 Å². The number of nitrogens with zero attached hydrogens (tertiary/aromatic N) is 1. The van der Waals surface area contributed by atoms with E-state index in [0.29, 0.717) is 19.0 Å². The minimum absolute atomic E-state index is 0. The number of rotatable bonds is 6. The molecule has 2 rings (SSSR count). The summed E-state index contributed by atoms with van der Waals surface area (Å²) in [6.45, 7) is 6.51. The van der Waals surface area contributed by atoms with Gasteiger partial charge in [0.1, 0.15) is 0 Å². The third-order valence-electron chi connectivity index (χ3n) is 3.49. The average Bonchev–Trinajstić information content (AvgIpc) is 2.52. The first-order valence-corrected chi connectivity index (χ1v) is 9.52. The Labute approximate surface area is 172 Å². The van der Waals surface area contributed by atoms with Crippen molar-refractivity contribution in [3.63, 3.8) is 0 Å². The van der Waals surface area contributed by atoms with Gasteiger partial charge in [-0.15, -0.1) is 24.0 Å². The molecule has 0 amide bonds. The van der Waals surface area contributed by atoms with Gasteiger partial charge in [-0.05, 0) is 54.8 Å². The van der Waals surface area contributed by atoms with E-state index < -0.39 is 10.0 Å². The first-order chi connectivity index (χ1) is 11.8. The maximum Gasteiger partial charge on any atom is 0.240 e. The van der Waals surface area contributed by atoms with E-state index in [9.17, 15) is 8.42 Å². The van der Waals surface area contributed by atoms with Crippen molar-refractivity contribution in [1.29, 1.82) is 0 Å². The molecule has 8 heteroatoms. The Morgan fingerprint density at radius 3 is 2.19 bits per heavy atom. The van der Waals surface area contributed by atoms with Crippen LogP contribution in [-0.4, -0.2) is 20.9 Å². The first-order valence-electron chi connectivity index (χ1n) is 8.04. The number of aryl methyl sites for hydroxylation is 2. The molecule has 0 fully saturated rings. The van der Waals surface area contributed by atoms with Crippen molar-refractivity contribution in [3.8, 4) is 0 Å². The lowest BCUT2D eigenvalue weighted by atomic mass is 10.1. The van der Waals surface area contributed by atoms with Crippen molar-refractivity contribution in [1.82, 2.24) is 4.72 Å². The third kappa shape index (κ3) is 6.58. The van der Waals surface area contributed by atoms with E-state index in [1.807, 2.05) is 26.0 Å². The van der Waals surface area contributed by atoms with Crippen LogP contribution in [0.2, 0.25) is 0 Å². The summed E-state index contributed by atoms with van der Waals surface area (Å²) in [4.78, 5) is 4.53. The van der Waals surface area contributed by atoms with Gasteiger partial charge >= 0.3 is 0 Å². The highest BCUT2D eigenvalue weighted by molar-refractivity contribution is 14.0. The van der Waals surface area contributed by atoms with Crippen molar-refractivity contribution >= 4 is 45.6 Å². The van der Waals surface area contributed by atoms with Gasteiger partial charge in [-0.25, -0.2) is 18.1 Å². The lowest BCUT2D eigenvalue weighted by Crippen LogP contribution is -2.23. The van der Waals surface area contributed by atoms with Gasteiger partial charge in [-0.1, -0.05) is 25.1 Å². The summed E-state index contributed by atoms with van der Waals surface area (Å²) in [5.74, 6) is 0.314. The number of hydrogen-bond acceptors (Lipinski definition) is 3. The fraction of sp³-hybridized carbons (Fsp3) is 0.278. The lowest BCUT2D eigenvalue weighted by molar-refractivity contribution is 0.584. The second-order valence-corrected chi connectivity index (χ2v) is 7.62. The molecule has 0 aromatic heterocycles. The van der Waals surface area contributed by atoms with Crippen LogP contribution in [-0.2, 0) is 16.6 Å². The largest absolute Gasteiger partial charge is 0.370 e. The van der Waals surface area contributed by atoms with Crippen LogP contribution < -0.4 is 15.8 Å². The number of benzene rings is 2. The minimum Gasteiger partial charge on any atom is -0.370 e. The van der Waals surface area contributed by atoms with E-state index in [1.165, 1.54) is 0 Å². The van der Waals surface area contributed by atoms with Crippen molar-refractivity contribution in [3.05, 3.63) is 59.2 Å². The van der Waals surface area contributed by atoms with Crippen LogP contribution >= 0.6 is 24.0 Å². The number of hydrogen-bond donors (Lipinski definition) is 3. The Kier molecular flexibility index (Phi) is 8.51. The standard InChI is InChI=1S/C18H24N4O2S.HI/c1-4-21-25(23,24)17-7-5-15(6-8-17)12-20-18(19)22-16-10-13(2)9-14(3)11-16;/h5-11,21H,4,12H2,1-3H3,(H3,19,20,22);1H. The molecule has 0 radical (unpaired) electrons. The van der Waals surface area contributed by atoms with Crippen LogP contribution in [0.15, 0.2) is 52.4 Å². The van der Waals surface area contributed by atoms with E-state index in [1.54, 1.807) is 31.2 Å². The molecule has 0 saturated carbocycles.